The minimum Gasteiger partial charge on any atom is -0.427 e. The van der Waals surface area contributed by atoms with Gasteiger partial charge >= 0.3 is 15.3 Å². The van der Waals surface area contributed by atoms with Gasteiger partial charge in [0.25, 0.3) is 0 Å². The Hall–Kier alpha value is 3.29. The van der Waals surface area contributed by atoms with E-state index < -0.39 is 22.1 Å². The van der Waals surface area contributed by atoms with Crippen molar-refractivity contribution in [3.05, 3.63) is 0 Å². The zero-order valence-corrected chi connectivity index (χ0v) is 17.2. The number of hydrogen-bond acceptors (Lipinski definition) is 1. The average Bonchev–Trinajstić information content (AvgIpc) is 2.13. The zero-order valence-electron chi connectivity index (χ0n) is 7.60. The summed E-state index contributed by atoms with van der Waals surface area (Å²) in [4.78, 5) is 0. The van der Waals surface area contributed by atoms with Gasteiger partial charge in [-0.15, -0.1) is 45.4 Å². The highest BCUT2D eigenvalue weighted by molar-refractivity contribution is 7.37. The summed E-state index contributed by atoms with van der Waals surface area (Å²) >= 11 is 57.6. The van der Waals surface area contributed by atoms with Crippen LogP contribution in [0.4, 0.5) is 0 Å². The Bertz CT molecular complexity index is 238. The molecule has 0 bridgehead atoms. The lowest BCUT2D eigenvalue weighted by atomic mass is 11.8. The van der Waals surface area contributed by atoms with Crippen LogP contribution in [0.1, 0.15) is 0 Å². The number of hydrogen-bond donors (Lipinski definition) is 0. The van der Waals surface area contributed by atoms with Gasteiger partial charge in [0.15, 0.2) is 0 Å². The molecule has 0 aromatic rings. The lowest BCUT2D eigenvalue weighted by Crippen LogP contribution is -2.61. The molecule has 1 nitrogen and oxygen atoms in total. The normalized spacial score (nSPS) is 20.8. The topological polar surface area (TPSA) is 9.23 Å². The van der Waals surface area contributed by atoms with Crippen molar-refractivity contribution in [3.8, 4) is 0 Å². The summed E-state index contributed by atoms with van der Waals surface area (Å²) in [6.45, 7) is 0. The van der Waals surface area contributed by atoms with Crippen LogP contribution >= 0.6 is 115 Å². The largest absolute Gasteiger partial charge is 0.427 e. The third-order valence-electron chi connectivity index (χ3n) is 1.51. The van der Waals surface area contributed by atoms with Crippen molar-refractivity contribution in [1.82, 2.24) is 0 Å². The highest BCUT2D eigenvalue weighted by atomic mass is 35.6. The van der Waals surface area contributed by atoms with Crippen LogP contribution < -0.4 is 0 Å². The fourth-order valence-electron chi connectivity index (χ4n) is 0.578. The van der Waals surface area contributed by atoms with Gasteiger partial charge in [-0.2, -0.15) is 0 Å². The van der Waals surface area contributed by atoms with Crippen LogP contribution in [0, 0.1) is 0 Å². The van der Waals surface area contributed by atoms with Crippen molar-refractivity contribution in [2.45, 2.75) is 6.83 Å². The van der Waals surface area contributed by atoms with E-state index in [2.05, 4.69) is 0 Å². The Balaban J connectivity index is 5.27. The Labute approximate surface area is 150 Å². The quantitative estimate of drug-likeness (QED) is 0.284. The van der Waals surface area contributed by atoms with Crippen LogP contribution in [0.3, 0.4) is 0 Å². The molecule has 0 spiro atoms. The third-order valence-corrected chi connectivity index (χ3v) is 20.7. The van der Waals surface area contributed by atoms with Crippen molar-refractivity contribution in [2.75, 3.05) is 11.0 Å². The fraction of sp³-hybridized carbons (Fsp3) is 1.00. The summed E-state index contributed by atoms with van der Waals surface area (Å²) < 4.78 is 1.53. The van der Waals surface area contributed by atoms with Gasteiger partial charge in [0.2, 0.25) is 6.83 Å². The molecular formula is C4H4Cl10OSi2. The Morgan fingerprint density at radius 2 is 0.941 bits per heavy atom. The zero-order chi connectivity index (χ0) is 14.1. The molecule has 0 fully saturated rings. The minimum absolute atomic E-state index is 0.260. The van der Waals surface area contributed by atoms with E-state index in [1.54, 1.807) is 0 Å². The highest BCUT2D eigenvalue weighted by Crippen LogP contribution is 2.48. The van der Waals surface area contributed by atoms with Crippen molar-refractivity contribution < 1.29 is 4.12 Å². The molecule has 0 amide bonds. The molecule has 17 heavy (non-hydrogen) atoms. The van der Waals surface area contributed by atoms with Gasteiger partial charge in [-0.1, -0.05) is 69.6 Å². The molecule has 0 heterocycles. The first kappa shape index (κ1) is 20.3. The van der Waals surface area contributed by atoms with E-state index >= 15 is 0 Å². The van der Waals surface area contributed by atoms with Gasteiger partial charge in [-0.05, 0) is 0 Å². The second-order valence-corrected chi connectivity index (χ2v) is 20.3. The second kappa shape index (κ2) is 7.04. The SMILES string of the molecule is ClC[Si](Cl)(O[Si](Cl)(CCl)C(Cl)(Cl)Cl)C(Cl)(Cl)Cl. The summed E-state index contributed by atoms with van der Waals surface area (Å²) in [7, 11) is -7.13. The third kappa shape index (κ3) is 5.21. The molecule has 0 aromatic carbocycles. The number of alkyl halides is 8. The molecule has 0 saturated carbocycles. The van der Waals surface area contributed by atoms with Crippen molar-refractivity contribution in [1.29, 1.82) is 0 Å². The molecular weight excluding hydrogens is 475 g/mol. The summed E-state index contributed by atoms with van der Waals surface area (Å²) in [6, 6.07) is 0. The van der Waals surface area contributed by atoms with Crippen LogP contribution in [0.15, 0.2) is 0 Å². The standard InChI is InChI=1S/C4H4Cl10OSi2/c5-1-16(13,3(7,8)9)15-17(14,2-6)4(10,11)12/h1-2H2. The van der Waals surface area contributed by atoms with Gasteiger partial charge in [0, 0.05) is 0 Å². The Morgan fingerprint density at radius 3 is 1.06 bits per heavy atom. The molecule has 0 rings (SSSR count). The molecule has 13 heteroatoms. The van der Waals surface area contributed by atoms with E-state index in [1.165, 1.54) is 0 Å². The number of rotatable bonds is 4. The fourth-order valence-corrected chi connectivity index (χ4v) is 13.7. The van der Waals surface area contributed by atoms with Crippen LogP contribution in [-0.4, -0.2) is 33.1 Å². The van der Waals surface area contributed by atoms with Gasteiger partial charge in [-0.25, -0.2) is 0 Å². The van der Waals surface area contributed by atoms with E-state index in [0.29, 0.717) is 0 Å². The molecule has 0 aliphatic heterocycles. The van der Waals surface area contributed by atoms with E-state index in [9.17, 15) is 0 Å². The van der Waals surface area contributed by atoms with Crippen molar-refractivity contribution in [2.24, 2.45) is 0 Å². The molecule has 0 aromatic heterocycles. The van der Waals surface area contributed by atoms with Gasteiger partial charge in [0.05, 0.1) is 11.0 Å². The van der Waals surface area contributed by atoms with E-state index in [-0.39, 0.29) is 11.0 Å². The molecule has 0 aliphatic rings. The maximum absolute atomic E-state index is 6.07. The molecule has 0 radical (unpaired) electrons. The first-order valence-corrected chi connectivity index (χ1v) is 13.3. The molecule has 0 saturated heterocycles. The van der Waals surface area contributed by atoms with Crippen LogP contribution in [0.2, 0.25) is 0 Å². The second-order valence-electron chi connectivity index (χ2n) is 2.82. The van der Waals surface area contributed by atoms with Gasteiger partial charge in [-0.3, -0.25) is 0 Å². The molecule has 2 atom stereocenters. The first-order chi connectivity index (χ1) is 7.33. The summed E-state index contributed by atoms with van der Waals surface area (Å²) in [5.41, 5.74) is -0.520. The Morgan fingerprint density at radius 1 is 0.706 bits per heavy atom. The van der Waals surface area contributed by atoms with Gasteiger partial charge < -0.3 is 4.12 Å². The Kier molecular flexibility index (Phi) is 8.40. The first-order valence-electron chi connectivity index (χ1n) is 3.66. The molecule has 104 valence electrons. The number of halogens is 10. The predicted octanol–water partition coefficient (Wildman–Crippen LogP) is 5.74. The lowest BCUT2D eigenvalue weighted by Gasteiger charge is -2.38. The summed E-state index contributed by atoms with van der Waals surface area (Å²) in [5.74, 6) is 0. The molecule has 0 N–H and O–H groups in total. The van der Waals surface area contributed by atoms with E-state index in [0.717, 1.165) is 0 Å². The van der Waals surface area contributed by atoms with E-state index in [4.69, 9.17) is 119 Å². The molecule has 0 aliphatic carbocycles. The van der Waals surface area contributed by atoms with Gasteiger partial charge in [0.1, 0.15) is 0 Å². The monoisotopic (exact) mass is 474 g/mol. The lowest BCUT2D eigenvalue weighted by molar-refractivity contribution is 0.569. The van der Waals surface area contributed by atoms with Crippen molar-refractivity contribution in [3.63, 3.8) is 0 Å². The maximum atomic E-state index is 6.07. The van der Waals surface area contributed by atoms with Crippen LogP contribution in [0.5, 0.6) is 0 Å². The summed E-state index contributed by atoms with van der Waals surface area (Å²) in [6.07, 6.45) is 0. The van der Waals surface area contributed by atoms with E-state index in [1.807, 2.05) is 0 Å². The van der Waals surface area contributed by atoms with Crippen molar-refractivity contribution >= 4 is 130 Å². The summed E-state index contributed by atoms with van der Waals surface area (Å²) in [5, 5.41) is 0. The average molecular weight is 479 g/mol. The maximum Gasteiger partial charge on any atom is 0.348 e. The predicted molar refractivity (Wildman–Crippen MR) is 86.3 cm³/mol. The minimum atomic E-state index is -3.57. The smallest absolute Gasteiger partial charge is 0.348 e. The molecule has 2 unspecified atom stereocenters. The van der Waals surface area contributed by atoms with Crippen LogP contribution in [-0.2, 0) is 4.12 Å². The highest BCUT2D eigenvalue weighted by Gasteiger charge is 2.62. The van der Waals surface area contributed by atoms with Crippen LogP contribution in [0.25, 0.3) is 0 Å².